The van der Waals surface area contributed by atoms with Crippen LogP contribution in [0.5, 0.6) is 5.75 Å². The molecule has 0 aliphatic heterocycles. The molecule has 1 aromatic carbocycles. The van der Waals surface area contributed by atoms with E-state index in [9.17, 15) is 9.50 Å². The maximum absolute atomic E-state index is 13.2. The Morgan fingerprint density at radius 2 is 2.27 bits per heavy atom. The van der Waals surface area contributed by atoms with Crippen LogP contribution in [0.3, 0.4) is 0 Å². The maximum atomic E-state index is 13.2. The molecule has 15 heavy (non-hydrogen) atoms. The van der Waals surface area contributed by atoms with Gasteiger partial charge < -0.3 is 9.84 Å². The summed E-state index contributed by atoms with van der Waals surface area (Å²) in [6.07, 6.45) is 1.66. The molecule has 0 aromatic heterocycles. The highest BCUT2D eigenvalue weighted by atomic mass is 19.1. The topological polar surface area (TPSA) is 29.5 Å². The summed E-state index contributed by atoms with van der Waals surface area (Å²) in [5, 5.41) is 9.56. The molecule has 1 saturated carbocycles. The molecule has 1 fully saturated rings. The fraction of sp³-hybridized carbons (Fsp3) is 0.500. The number of benzene rings is 1. The first-order valence-corrected chi connectivity index (χ1v) is 5.24. The van der Waals surface area contributed by atoms with E-state index >= 15 is 0 Å². The maximum Gasteiger partial charge on any atom is 0.165 e. The predicted molar refractivity (Wildman–Crippen MR) is 55.4 cm³/mol. The van der Waals surface area contributed by atoms with Crippen LogP contribution in [-0.4, -0.2) is 17.8 Å². The van der Waals surface area contributed by atoms with Crippen molar-refractivity contribution in [1.29, 1.82) is 0 Å². The number of rotatable bonds is 4. The molecule has 0 bridgehead atoms. The van der Waals surface area contributed by atoms with Crippen LogP contribution in [0.4, 0.5) is 4.39 Å². The van der Waals surface area contributed by atoms with Gasteiger partial charge in [-0.25, -0.2) is 4.39 Å². The van der Waals surface area contributed by atoms with Crippen LogP contribution in [0.25, 0.3) is 0 Å². The third kappa shape index (κ3) is 2.69. The normalized spacial score (nSPS) is 17.5. The summed E-state index contributed by atoms with van der Waals surface area (Å²) in [4.78, 5) is 0. The Kier molecular flexibility index (Phi) is 2.91. The van der Waals surface area contributed by atoms with Gasteiger partial charge in [0.25, 0.3) is 0 Å². The van der Waals surface area contributed by atoms with E-state index in [1.54, 1.807) is 12.1 Å². The second-order valence-electron chi connectivity index (χ2n) is 4.15. The van der Waals surface area contributed by atoms with Gasteiger partial charge in [-0.15, -0.1) is 0 Å². The van der Waals surface area contributed by atoms with Crippen molar-refractivity contribution in [2.24, 2.45) is 5.92 Å². The lowest BCUT2D eigenvalue weighted by Crippen LogP contribution is -2.19. The third-order valence-electron chi connectivity index (χ3n) is 2.66. The molecule has 82 valence electrons. The van der Waals surface area contributed by atoms with Crippen molar-refractivity contribution >= 4 is 0 Å². The minimum absolute atomic E-state index is 0.186. The lowest BCUT2D eigenvalue weighted by atomic mass is 10.2. The van der Waals surface area contributed by atoms with Crippen molar-refractivity contribution in [2.45, 2.75) is 25.9 Å². The van der Waals surface area contributed by atoms with Gasteiger partial charge in [-0.2, -0.15) is 0 Å². The Morgan fingerprint density at radius 3 is 2.93 bits per heavy atom. The van der Waals surface area contributed by atoms with E-state index in [-0.39, 0.29) is 18.2 Å². The second kappa shape index (κ2) is 4.19. The van der Waals surface area contributed by atoms with Gasteiger partial charge in [0.15, 0.2) is 11.6 Å². The molecule has 3 heteroatoms. The second-order valence-corrected chi connectivity index (χ2v) is 4.15. The predicted octanol–water partition coefficient (Wildman–Crippen LogP) is 2.28. The molecule has 2 rings (SSSR count). The SMILES string of the molecule is Cc1ccc(F)c(OCC(O)C2CC2)c1. The minimum atomic E-state index is -0.454. The first-order chi connectivity index (χ1) is 7.16. The zero-order valence-corrected chi connectivity index (χ0v) is 8.74. The highest BCUT2D eigenvalue weighted by molar-refractivity contribution is 5.29. The van der Waals surface area contributed by atoms with Crippen LogP contribution in [0.2, 0.25) is 0 Å². The van der Waals surface area contributed by atoms with Crippen LogP contribution in [-0.2, 0) is 0 Å². The van der Waals surface area contributed by atoms with Gasteiger partial charge >= 0.3 is 0 Å². The Balaban J connectivity index is 1.94. The number of halogens is 1. The summed E-state index contributed by atoms with van der Waals surface area (Å²) in [5.41, 5.74) is 0.951. The van der Waals surface area contributed by atoms with Crippen molar-refractivity contribution < 1.29 is 14.2 Å². The number of ether oxygens (including phenoxy) is 1. The molecule has 0 spiro atoms. The van der Waals surface area contributed by atoms with Crippen LogP contribution >= 0.6 is 0 Å². The van der Waals surface area contributed by atoms with Crippen molar-refractivity contribution in [3.05, 3.63) is 29.6 Å². The molecule has 0 saturated heterocycles. The lowest BCUT2D eigenvalue weighted by Gasteiger charge is -2.12. The van der Waals surface area contributed by atoms with Gasteiger partial charge in [0.1, 0.15) is 6.61 Å². The molecule has 1 aliphatic carbocycles. The zero-order chi connectivity index (χ0) is 10.8. The van der Waals surface area contributed by atoms with Crippen LogP contribution < -0.4 is 4.74 Å². The van der Waals surface area contributed by atoms with Crippen molar-refractivity contribution in [2.75, 3.05) is 6.61 Å². The summed E-state index contributed by atoms with van der Waals surface area (Å²) in [6, 6.07) is 4.72. The summed E-state index contributed by atoms with van der Waals surface area (Å²) in [5.74, 6) is 0.219. The summed E-state index contributed by atoms with van der Waals surface area (Å²) >= 11 is 0. The Hall–Kier alpha value is -1.09. The van der Waals surface area contributed by atoms with Gasteiger partial charge in [-0.1, -0.05) is 6.07 Å². The Bertz CT molecular complexity index is 347. The average Bonchev–Trinajstić information content (AvgIpc) is 3.02. The van der Waals surface area contributed by atoms with E-state index in [1.807, 2.05) is 6.92 Å². The highest BCUT2D eigenvalue weighted by Gasteiger charge is 2.30. The van der Waals surface area contributed by atoms with E-state index in [2.05, 4.69) is 0 Å². The smallest absolute Gasteiger partial charge is 0.165 e. The molecule has 2 nitrogen and oxygen atoms in total. The molecular formula is C12H15FO2. The molecule has 1 N–H and O–H groups in total. The van der Waals surface area contributed by atoms with Gasteiger partial charge in [-0.05, 0) is 43.4 Å². The van der Waals surface area contributed by atoms with Crippen LogP contribution in [0.15, 0.2) is 18.2 Å². The van der Waals surface area contributed by atoms with Crippen molar-refractivity contribution in [3.63, 3.8) is 0 Å². The number of hydrogen-bond acceptors (Lipinski definition) is 2. The fourth-order valence-corrected chi connectivity index (χ4v) is 1.51. The summed E-state index contributed by atoms with van der Waals surface area (Å²) in [7, 11) is 0. The molecule has 1 aliphatic rings. The van der Waals surface area contributed by atoms with Gasteiger partial charge in [0.2, 0.25) is 0 Å². The molecule has 1 aromatic rings. The van der Waals surface area contributed by atoms with Crippen LogP contribution in [0, 0.1) is 18.7 Å². The first-order valence-electron chi connectivity index (χ1n) is 5.24. The van der Waals surface area contributed by atoms with E-state index in [0.29, 0.717) is 5.92 Å². The van der Waals surface area contributed by atoms with Crippen molar-refractivity contribution in [1.82, 2.24) is 0 Å². The largest absolute Gasteiger partial charge is 0.488 e. The standard InChI is InChI=1S/C12H15FO2/c1-8-2-5-10(13)12(6-8)15-7-11(14)9-3-4-9/h2,5-6,9,11,14H,3-4,7H2,1H3. The van der Waals surface area contributed by atoms with Crippen molar-refractivity contribution in [3.8, 4) is 5.75 Å². The number of aliphatic hydroxyl groups excluding tert-OH is 1. The highest BCUT2D eigenvalue weighted by Crippen LogP contribution is 2.32. The van der Waals surface area contributed by atoms with E-state index in [0.717, 1.165) is 18.4 Å². The summed E-state index contributed by atoms with van der Waals surface area (Å²) < 4.78 is 18.5. The third-order valence-corrected chi connectivity index (χ3v) is 2.66. The fourth-order valence-electron chi connectivity index (χ4n) is 1.51. The molecule has 0 heterocycles. The van der Waals surface area contributed by atoms with E-state index in [1.165, 1.54) is 6.07 Å². The van der Waals surface area contributed by atoms with Crippen LogP contribution in [0.1, 0.15) is 18.4 Å². The Labute approximate surface area is 88.7 Å². The first kappa shape index (κ1) is 10.4. The zero-order valence-electron chi connectivity index (χ0n) is 8.74. The molecule has 0 amide bonds. The molecule has 1 atom stereocenters. The number of hydrogen-bond donors (Lipinski definition) is 1. The minimum Gasteiger partial charge on any atom is -0.488 e. The van der Waals surface area contributed by atoms with E-state index in [4.69, 9.17) is 4.74 Å². The Morgan fingerprint density at radius 1 is 1.53 bits per heavy atom. The molecular weight excluding hydrogens is 195 g/mol. The summed E-state index contributed by atoms with van der Waals surface area (Å²) in [6.45, 7) is 2.06. The number of aryl methyl sites for hydroxylation is 1. The molecule has 1 unspecified atom stereocenters. The quantitative estimate of drug-likeness (QED) is 0.826. The molecule has 0 radical (unpaired) electrons. The van der Waals surface area contributed by atoms with Gasteiger partial charge in [-0.3, -0.25) is 0 Å². The van der Waals surface area contributed by atoms with Gasteiger partial charge in [0.05, 0.1) is 6.10 Å². The average molecular weight is 210 g/mol. The van der Waals surface area contributed by atoms with Gasteiger partial charge in [0, 0.05) is 0 Å². The van der Waals surface area contributed by atoms with E-state index < -0.39 is 6.10 Å². The number of aliphatic hydroxyl groups is 1. The monoisotopic (exact) mass is 210 g/mol. The lowest BCUT2D eigenvalue weighted by molar-refractivity contribution is 0.0874.